The minimum atomic E-state index is 0.170. The third kappa shape index (κ3) is 3.89. The van der Waals surface area contributed by atoms with Crippen molar-refractivity contribution in [3.8, 4) is 11.5 Å². The zero-order valence-electron chi connectivity index (χ0n) is 13.1. The Kier molecular flexibility index (Phi) is 6.36. The second-order valence-corrected chi connectivity index (χ2v) is 4.60. The predicted octanol–water partition coefficient (Wildman–Crippen LogP) is 3.24. The number of hydrogen-bond acceptors (Lipinski definition) is 3. The van der Waals surface area contributed by atoms with Crippen molar-refractivity contribution in [2.45, 2.75) is 46.6 Å². The summed E-state index contributed by atoms with van der Waals surface area (Å²) in [7, 11) is 1.85. The van der Waals surface area contributed by atoms with Gasteiger partial charge in [0.25, 0.3) is 0 Å². The lowest BCUT2D eigenvalue weighted by atomic mass is 10.1. The van der Waals surface area contributed by atoms with E-state index in [9.17, 15) is 4.79 Å². The number of nitrogens with zero attached hydrogens (tertiary/aromatic N) is 1. The van der Waals surface area contributed by atoms with Crippen molar-refractivity contribution in [1.82, 2.24) is 4.90 Å². The highest BCUT2D eigenvalue weighted by Gasteiger charge is 2.17. The maximum Gasteiger partial charge on any atom is 0.231 e. The van der Waals surface area contributed by atoms with Crippen LogP contribution in [0.5, 0.6) is 11.5 Å². The van der Waals surface area contributed by atoms with Crippen LogP contribution in [0.2, 0.25) is 0 Å². The van der Waals surface area contributed by atoms with E-state index in [0.29, 0.717) is 13.2 Å². The van der Waals surface area contributed by atoms with Crippen LogP contribution >= 0.6 is 0 Å². The van der Waals surface area contributed by atoms with Crippen LogP contribution in [0.25, 0.3) is 0 Å². The normalized spacial score (nSPS) is 13.2. The Labute approximate surface area is 121 Å². The molecular formula is C16H25NO3. The Balaban J connectivity index is 0.000000956. The number of carbonyl (C=O) groups is 1. The van der Waals surface area contributed by atoms with Gasteiger partial charge in [0.1, 0.15) is 0 Å². The fourth-order valence-corrected chi connectivity index (χ4v) is 2.04. The van der Waals surface area contributed by atoms with Crippen molar-refractivity contribution in [2.75, 3.05) is 13.8 Å². The molecule has 112 valence electrons. The molecule has 1 aliphatic heterocycles. The van der Waals surface area contributed by atoms with Crippen molar-refractivity contribution >= 4 is 5.91 Å². The molecule has 1 aromatic carbocycles. The lowest BCUT2D eigenvalue weighted by molar-refractivity contribution is -0.131. The predicted molar refractivity (Wildman–Crippen MR) is 80.1 cm³/mol. The largest absolute Gasteiger partial charge is 0.454 e. The van der Waals surface area contributed by atoms with Crippen molar-refractivity contribution in [3.05, 3.63) is 23.8 Å². The van der Waals surface area contributed by atoms with E-state index in [4.69, 9.17) is 9.47 Å². The molecule has 1 aliphatic rings. The lowest BCUT2D eigenvalue weighted by Crippen LogP contribution is -2.35. The summed E-state index contributed by atoms with van der Waals surface area (Å²) in [6.45, 7) is 8.23. The van der Waals surface area contributed by atoms with Crippen molar-refractivity contribution < 1.29 is 14.3 Å². The van der Waals surface area contributed by atoms with Crippen molar-refractivity contribution in [3.63, 3.8) is 0 Å². The van der Waals surface area contributed by atoms with Gasteiger partial charge in [-0.3, -0.25) is 4.79 Å². The molecule has 0 saturated heterocycles. The zero-order chi connectivity index (χ0) is 15.1. The molecule has 20 heavy (non-hydrogen) atoms. The molecule has 0 aliphatic carbocycles. The third-order valence-electron chi connectivity index (χ3n) is 3.33. The molecule has 4 nitrogen and oxygen atoms in total. The summed E-state index contributed by atoms with van der Waals surface area (Å²) in [6, 6.07) is 6.11. The van der Waals surface area contributed by atoms with E-state index < -0.39 is 0 Å². The number of benzene rings is 1. The quantitative estimate of drug-likeness (QED) is 0.849. The minimum Gasteiger partial charge on any atom is -0.454 e. The first-order valence-corrected chi connectivity index (χ1v) is 7.26. The SMILES string of the molecule is CC.CCC(=O)N(C)C(C)Cc1ccc2c(c1)OCO2. The number of carbonyl (C=O) groups excluding carboxylic acids is 1. The number of amides is 1. The average molecular weight is 279 g/mol. The Morgan fingerprint density at radius 2 is 1.95 bits per heavy atom. The van der Waals surface area contributed by atoms with Gasteiger partial charge in [0, 0.05) is 19.5 Å². The Morgan fingerprint density at radius 1 is 1.30 bits per heavy atom. The molecule has 0 bridgehead atoms. The molecule has 0 spiro atoms. The van der Waals surface area contributed by atoms with Gasteiger partial charge in [-0.1, -0.05) is 26.8 Å². The molecule has 0 N–H and O–H groups in total. The molecule has 1 amide bonds. The Morgan fingerprint density at radius 3 is 2.60 bits per heavy atom. The van der Waals surface area contributed by atoms with Crippen LogP contribution in [0.15, 0.2) is 18.2 Å². The van der Waals surface area contributed by atoms with Gasteiger partial charge in [-0.25, -0.2) is 0 Å². The number of fused-ring (bicyclic) bond motifs is 1. The van der Waals surface area contributed by atoms with E-state index in [1.54, 1.807) is 4.90 Å². The van der Waals surface area contributed by atoms with Gasteiger partial charge in [0.2, 0.25) is 12.7 Å². The summed E-state index contributed by atoms with van der Waals surface area (Å²) in [6.07, 6.45) is 1.36. The molecule has 2 rings (SSSR count). The summed E-state index contributed by atoms with van der Waals surface area (Å²) < 4.78 is 10.6. The van der Waals surface area contributed by atoms with E-state index in [0.717, 1.165) is 23.5 Å². The first kappa shape index (κ1) is 16.3. The van der Waals surface area contributed by atoms with Gasteiger partial charge < -0.3 is 14.4 Å². The third-order valence-corrected chi connectivity index (χ3v) is 3.33. The van der Waals surface area contributed by atoms with Gasteiger partial charge in [-0.2, -0.15) is 0 Å². The summed E-state index contributed by atoms with van der Waals surface area (Å²) in [5, 5.41) is 0. The van der Waals surface area contributed by atoms with Gasteiger partial charge in [-0.15, -0.1) is 0 Å². The van der Waals surface area contributed by atoms with E-state index in [-0.39, 0.29) is 11.9 Å². The number of hydrogen-bond donors (Lipinski definition) is 0. The highest BCUT2D eigenvalue weighted by atomic mass is 16.7. The van der Waals surface area contributed by atoms with Crippen LogP contribution in [0, 0.1) is 0 Å². The Hall–Kier alpha value is -1.71. The van der Waals surface area contributed by atoms with E-state index in [2.05, 4.69) is 6.92 Å². The molecular weight excluding hydrogens is 254 g/mol. The molecule has 0 saturated carbocycles. The van der Waals surface area contributed by atoms with Crippen LogP contribution in [-0.2, 0) is 11.2 Å². The molecule has 1 aromatic rings. The lowest BCUT2D eigenvalue weighted by Gasteiger charge is -2.24. The number of rotatable bonds is 4. The van der Waals surface area contributed by atoms with Crippen LogP contribution in [0.4, 0.5) is 0 Å². The second-order valence-electron chi connectivity index (χ2n) is 4.60. The molecule has 1 unspecified atom stereocenters. The summed E-state index contributed by atoms with van der Waals surface area (Å²) in [5.74, 6) is 1.76. The second kappa shape index (κ2) is 7.78. The van der Waals surface area contributed by atoms with Crippen LogP contribution in [-0.4, -0.2) is 30.7 Å². The summed E-state index contributed by atoms with van der Waals surface area (Å²) >= 11 is 0. The van der Waals surface area contributed by atoms with Crippen molar-refractivity contribution in [1.29, 1.82) is 0 Å². The molecule has 0 aromatic heterocycles. The molecule has 1 heterocycles. The molecule has 4 heteroatoms. The first-order valence-electron chi connectivity index (χ1n) is 7.26. The standard InChI is InChI=1S/C14H19NO3.C2H6/c1-4-14(16)15(3)10(2)7-11-5-6-12-13(8-11)18-9-17-12;1-2/h5-6,8,10H,4,7,9H2,1-3H3;1-2H3. The van der Waals surface area contributed by atoms with E-state index >= 15 is 0 Å². The van der Waals surface area contributed by atoms with E-state index in [1.807, 2.05) is 46.0 Å². The highest BCUT2D eigenvalue weighted by Crippen LogP contribution is 2.32. The maximum atomic E-state index is 11.6. The first-order chi connectivity index (χ1) is 9.61. The topological polar surface area (TPSA) is 38.8 Å². The van der Waals surface area contributed by atoms with Crippen LogP contribution in [0.3, 0.4) is 0 Å². The van der Waals surface area contributed by atoms with Gasteiger partial charge >= 0.3 is 0 Å². The van der Waals surface area contributed by atoms with Crippen LogP contribution < -0.4 is 9.47 Å². The van der Waals surface area contributed by atoms with Gasteiger partial charge in [0.05, 0.1) is 0 Å². The van der Waals surface area contributed by atoms with Crippen molar-refractivity contribution in [2.24, 2.45) is 0 Å². The monoisotopic (exact) mass is 279 g/mol. The number of ether oxygens (including phenoxy) is 2. The smallest absolute Gasteiger partial charge is 0.231 e. The van der Waals surface area contributed by atoms with Gasteiger partial charge in [-0.05, 0) is 31.0 Å². The fraction of sp³-hybridized carbons (Fsp3) is 0.562. The molecule has 1 atom stereocenters. The molecule has 0 fully saturated rings. The minimum absolute atomic E-state index is 0.170. The summed E-state index contributed by atoms with van der Waals surface area (Å²) in [4.78, 5) is 13.4. The van der Waals surface area contributed by atoms with Crippen LogP contribution in [0.1, 0.15) is 39.7 Å². The average Bonchev–Trinajstić information content (AvgIpc) is 2.95. The highest BCUT2D eigenvalue weighted by molar-refractivity contribution is 5.75. The summed E-state index contributed by atoms with van der Waals surface area (Å²) in [5.41, 5.74) is 1.16. The maximum absolute atomic E-state index is 11.6. The number of likely N-dealkylation sites (N-methyl/N-ethyl adjacent to an activating group) is 1. The Bertz CT molecular complexity index is 445. The zero-order valence-corrected chi connectivity index (χ0v) is 13.1. The fourth-order valence-electron chi connectivity index (χ4n) is 2.04. The van der Waals surface area contributed by atoms with E-state index in [1.165, 1.54) is 0 Å². The van der Waals surface area contributed by atoms with Gasteiger partial charge in [0.15, 0.2) is 11.5 Å². The molecule has 0 radical (unpaired) electrons.